The first-order chi connectivity index (χ1) is 8.92. The Morgan fingerprint density at radius 1 is 0.955 bits per heavy atom. The van der Waals surface area contributed by atoms with E-state index in [0.29, 0.717) is 5.41 Å². The van der Waals surface area contributed by atoms with E-state index in [2.05, 4.69) is 57.2 Å². The second-order valence-corrected chi connectivity index (χ2v) is 11.2. The van der Waals surface area contributed by atoms with Gasteiger partial charge in [-0.1, -0.05) is 43.9 Å². The molecule has 0 aromatic carbocycles. The van der Waals surface area contributed by atoms with Crippen LogP contribution >= 0.6 is 22.6 Å². The Bertz CT molecular complexity index is 365. The van der Waals surface area contributed by atoms with Crippen LogP contribution < -0.4 is 18.9 Å². The number of aliphatic carboxylic acids is 1. The number of rotatable bonds is 1. The molecule has 0 amide bonds. The topological polar surface area (TPSA) is 37.3 Å². The second kappa shape index (κ2) is 6.96. The predicted molar refractivity (Wildman–Crippen MR) is 97.7 cm³/mol. The summed E-state index contributed by atoms with van der Waals surface area (Å²) in [5, 5.41) is 8.64. The van der Waals surface area contributed by atoms with Crippen LogP contribution in [0.2, 0.25) is 0 Å². The molecule has 6 aliphatic carbocycles. The number of carbonyl (C=O) groups is 1. The predicted octanol–water partition coefficient (Wildman–Crippen LogP) is 2.89. The van der Waals surface area contributed by atoms with Crippen LogP contribution in [-0.2, 0) is 4.79 Å². The number of hydrogen-bond donors (Lipinski definition) is 1. The number of halogens is 1. The van der Waals surface area contributed by atoms with Crippen molar-refractivity contribution in [3.8, 4) is 0 Å². The van der Waals surface area contributed by atoms with E-state index in [1.54, 1.807) is 0 Å². The van der Waals surface area contributed by atoms with Crippen LogP contribution in [0.4, 0.5) is 0 Å². The van der Waals surface area contributed by atoms with Gasteiger partial charge in [-0.25, -0.2) is 0 Å². The van der Waals surface area contributed by atoms with Crippen molar-refractivity contribution in [3.63, 3.8) is 0 Å². The van der Waals surface area contributed by atoms with Gasteiger partial charge < -0.3 is 11.0 Å². The zero-order chi connectivity index (χ0) is 15.4. The van der Waals surface area contributed by atoms with Crippen molar-refractivity contribution in [2.24, 2.45) is 16.2 Å². The fraction of sp³-hybridized carbons (Fsp3) is 0.889. The molecule has 0 spiro atoms. The standard InChI is InChI=1S/C7H10O2.C6H9I.C4H9.CH4.Li/c1-6-2-7(3-6,4-6)5(8)9;1-5-2-6(7,3-5)4-5;1-4(2)3;;/h2-4H2,1H3,(H,8,9);2-4H2,1H3;1-3H3;1H4;/q;;-1;;+1. The normalized spacial score (nSPS) is 44.5. The molecule has 22 heavy (non-hydrogen) atoms. The number of carboxylic acid groups (broad SMARTS) is 1. The van der Waals surface area contributed by atoms with Crippen LogP contribution in [0.15, 0.2) is 0 Å². The molecule has 6 fully saturated rings. The molecule has 6 rings (SSSR count). The van der Waals surface area contributed by atoms with Crippen molar-refractivity contribution < 1.29 is 28.8 Å². The Hall–Kier alpha value is 0.797. The van der Waals surface area contributed by atoms with Gasteiger partial charge in [-0.3, -0.25) is 4.79 Å². The van der Waals surface area contributed by atoms with Crippen molar-refractivity contribution in [2.75, 3.05) is 0 Å². The van der Waals surface area contributed by atoms with E-state index in [4.69, 9.17) is 5.11 Å². The molecule has 0 saturated heterocycles. The molecule has 0 aromatic heterocycles. The quantitative estimate of drug-likeness (QED) is 0.310. The summed E-state index contributed by atoms with van der Waals surface area (Å²) >= 11 is 2.60. The van der Waals surface area contributed by atoms with Gasteiger partial charge in [0.05, 0.1) is 5.41 Å². The van der Waals surface area contributed by atoms with Gasteiger partial charge in [-0.15, -0.1) is 0 Å². The monoisotopic (exact) mass is 414 g/mol. The molecule has 0 atom stereocenters. The van der Waals surface area contributed by atoms with Gasteiger partial charge in [0.15, 0.2) is 0 Å². The van der Waals surface area contributed by atoms with Crippen LogP contribution in [0, 0.1) is 22.2 Å². The van der Waals surface area contributed by atoms with Gasteiger partial charge in [0.2, 0.25) is 0 Å². The van der Waals surface area contributed by atoms with Gasteiger partial charge >= 0.3 is 24.8 Å². The largest absolute Gasteiger partial charge is 1.00 e. The van der Waals surface area contributed by atoms with Gasteiger partial charge in [-0.05, 0) is 49.4 Å². The van der Waals surface area contributed by atoms with E-state index in [0.717, 1.165) is 28.1 Å². The number of hydrogen-bond acceptors (Lipinski definition) is 1. The summed E-state index contributed by atoms with van der Waals surface area (Å²) in [7, 11) is 0. The molecule has 0 aromatic rings. The summed E-state index contributed by atoms with van der Waals surface area (Å²) < 4.78 is 0.798. The van der Waals surface area contributed by atoms with E-state index in [1.165, 1.54) is 25.2 Å². The van der Waals surface area contributed by atoms with Crippen molar-refractivity contribution >= 4 is 28.6 Å². The third-order valence-corrected chi connectivity index (χ3v) is 6.12. The van der Waals surface area contributed by atoms with Gasteiger partial charge in [0.25, 0.3) is 0 Å². The van der Waals surface area contributed by atoms with Crippen molar-refractivity contribution in [1.82, 2.24) is 0 Å². The molecule has 0 unspecified atom stereocenters. The van der Waals surface area contributed by atoms with Gasteiger partial charge in [-0.2, -0.15) is 20.8 Å². The fourth-order valence-corrected chi connectivity index (χ4v) is 7.42. The molecule has 0 heterocycles. The molecule has 1 N–H and O–H groups in total. The average molecular weight is 414 g/mol. The van der Waals surface area contributed by atoms with Crippen LogP contribution in [0.25, 0.3) is 0 Å². The molecule has 0 aliphatic heterocycles. The smallest absolute Gasteiger partial charge is 0.481 e. The molecule has 0 radical (unpaired) electrons. The minimum absolute atomic E-state index is 0. The van der Waals surface area contributed by atoms with Gasteiger partial charge in [0, 0.05) is 3.42 Å². The third kappa shape index (κ3) is 4.45. The Labute approximate surface area is 162 Å². The second-order valence-electron chi connectivity index (χ2n) is 8.92. The summed E-state index contributed by atoms with van der Waals surface area (Å²) in [6, 6.07) is 0. The zero-order valence-corrected chi connectivity index (χ0v) is 16.6. The minimum atomic E-state index is -0.578. The Morgan fingerprint density at radius 3 is 1.27 bits per heavy atom. The van der Waals surface area contributed by atoms with E-state index in [1.807, 2.05) is 0 Å². The first kappa shape index (κ1) is 22.8. The first-order valence-electron chi connectivity index (χ1n) is 7.61. The Balaban J connectivity index is 0.000000309. The first-order valence-corrected chi connectivity index (χ1v) is 8.69. The van der Waals surface area contributed by atoms with Crippen molar-refractivity contribution in [3.05, 3.63) is 5.92 Å². The third-order valence-electron chi connectivity index (χ3n) is 4.98. The van der Waals surface area contributed by atoms with Crippen LogP contribution in [0.3, 0.4) is 0 Å². The van der Waals surface area contributed by atoms with Gasteiger partial charge in [0.1, 0.15) is 0 Å². The maximum absolute atomic E-state index is 10.5. The van der Waals surface area contributed by atoms with E-state index >= 15 is 0 Å². The molecular weight excluding hydrogens is 382 g/mol. The number of carboxylic acids is 1. The Morgan fingerprint density at radius 2 is 1.23 bits per heavy atom. The van der Waals surface area contributed by atoms with E-state index in [9.17, 15) is 4.79 Å². The maximum Gasteiger partial charge on any atom is 1.00 e. The average Bonchev–Trinajstić information content (AvgIpc) is 2.07. The summed E-state index contributed by atoms with van der Waals surface area (Å²) in [5.41, 5.74) is 0.994. The van der Waals surface area contributed by atoms with E-state index in [-0.39, 0.29) is 31.7 Å². The molecule has 6 aliphatic rings. The van der Waals surface area contributed by atoms with Crippen LogP contribution in [-0.4, -0.2) is 14.5 Å². The summed E-state index contributed by atoms with van der Waals surface area (Å²) in [5.74, 6) is 0.839. The van der Waals surface area contributed by atoms with Crippen LogP contribution in [0.1, 0.15) is 80.6 Å². The van der Waals surface area contributed by atoms with E-state index < -0.39 is 5.97 Å². The molecule has 4 heteroatoms. The molecule has 124 valence electrons. The summed E-state index contributed by atoms with van der Waals surface area (Å²) in [4.78, 5) is 10.5. The zero-order valence-electron chi connectivity index (χ0n) is 14.5. The number of alkyl halides is 1. The SMILES string of the molecule is C.CC12CC(C(=O)O)(C1)C2.CC12CC(I)(C1)C2.C[C-](C)C.[Li+]. The van der Waals surface area contributed by atoms with Crippen molar-refractivity contribution in [2.45, 2.75) is 84.0 Å². The minimum Gasteiger partial charge on any atom is -0.481 e. The van der Waals surface area contributed by atoms with Crippen LogP contribution in [0.5, 0.6) is 0 Å². The summed E-state index contributed by atoms with van der Waals surface area (Å²) in [6.45, 7) is 10.8. The molecule has 6 saturated carbocycles. The maximum atomic E-state index is 10.5. The van der Waals surface area contributed by atoms with Crippen molar-refractivity contribution in [1.29, 1.82) is 0 Å². The molecule has 4 bridgehead atoms. The fourth-order valence-electron chi connectivity index (χ4n) is 4.66. The molecular formula is C18H32ILiO2. The Kier molecular flexibility index (Phi) is 7.22. The molecule has 2 nitrogen and oxygen atoms in total. The summed E-state index contributed by atoms with van der Waals surface area (Å²) in [6.07, 6.45) is 7.28.